The molecule has 0 amide bonds. The van der Waals surface area contributed by atoms with Gasteiger partial charge in [-0.25, -0.2) is 17.9 Å². The lowest BCUT2D eigenvalue weighted by Gasteiger charge is -2.26. The second-order valence-electron chi connectivity index (χ2n) is 6.60. The zero-order valence-electron chi connectivity index (χ0n) is 14.7. The van der Waals surface area contributed by atoms with E-state index in [4.69, 9.17) is 32.7 Å². The van der Waals surface area contributed by atoms with Crippen LogP contribution in [-0.2, 0) is 19.5 Å². The number of nitrogens with zero attached hydrogens (tertiary/aromatic N) is 1. The van der Waals surface area contributed by atoms with E-state index in [1.165, 1.54) is 12.1 Å². The van der Waals surface area contributed by atoms with Gasteiger partial charge in [-0.2, -0.15) is 0 Å². The van der Waals surface area contributed by atoms with Gasteiger partial charge in [0.2, 0.25) is 10.0 Å². The minimum atomic E-state index is -3.81. The summed E-state index contributed by atoms with van der Waals surface area (Å²) in [5, 5.41) is 0.0283. The first kappa shape index (κ1) is 20.8. The molecule has 1 aliphatic heterocycles. The van der Waals surface area contributed by atoms with Crippen LogP contribution in [0.5, 0.6) is 0 Å². The van der Waals surface area contributed by atoms with E-state index < -0.39 is 16.0 Å². The van der Waals surface area contributed by atoms with Crippen LogP contribution in [0.1, 0.15) is 29.6 Å². The van der Waals surface area contributed by atoms with Crippen molar-refractivity contribution in [1.82, 2.24) is 9.62 Å². The van der Waals surface area contributed by atoms with E-state index in [9.17, 15) is 13.2 Å². The van der Waals surface area contributed by atoms with Gasteiger partial charge in [0.1, 0.15) is 4.90 Å². The molecule has 1 saturated carbocycles. The topological polar surface area (TPSA) is 84.9 Å². The van der Waals surface area contributed by atoms with Crippen molar-refractivity contribution in [2.75, 3.05) is 39.5 Å². The lowest BCUT2D eigenvalue weighted by Crippen LogP contribution is -2.37. The Hall–Kier alpha value is -0.900. The number of hydrogen-bond donors (Lipinski definition) is 1. The number of morpholine rings is 1. The van der Waals surface area contributed by atoms with Crippen LogP contribution < -0.4 is 4.72 Å². The van der Waals surface area contributed by atoms with Crippen molar-refractivity contribution in [3.63, 3.8) is 0 Å². The average molecular weight is 437 g/mol. The first-order valence-corrected chi connectivity index (χ1v) is 11.1. The number of carbonyl (C=O) groups is 1. The Morgan fingerprint density at radius 1 is 1.22 bits per heavy atom. The van der Waals surface area contributed by atoms with Crippen molar-refractivity contribution in [3.05, 3.63) is 27.7 Å². The molecule has 1 heterocycles. The molecule has 0 aromatic heterocycles. The molecule has 0 bridgehead atoms. The number of rotatable bonds is 8. The third-order valence-electron chi connectivity index (χ3n) is 4.39. The van der Waals surface area contributed by atoms with Crippen LogP contribution in [0.3, 0.4) is 0 Å². The van der Waals surface area contributed by atoms with Crippen molar-refractivity contribution < 1.29 is 22.7 Å². The number of sulfonamides is 1. The van der Waals surface area contributed by atoms with Gasteiger partial charge in [-0.1, -0.05) is 23.2 Å². The Labute approximate surface area is 168 Å². The summed E-state index contributed by atoms with van der Waals surface area (Å²) < 4.78 is 37.9. The summed E-state index contributed by atoms with van der Waals surface area (Å²) in [6, 6.07) is 2.37. The third-order valence-corrected chi connectivity index (χ3v) is 6.68. The van der Waals surface area contributed by atoms with Crippen molar-refractivity contribution in [3.8, 4) is 0 Å². The fourth-order valence-electron chi connectivity index (χ4n) is 2.73. The Kier molecular flexibility index (Phi) is 6.99. The van der Waals surface area contributed by atoms with E-state index in [0.717, 1.165) is 32.5 Å². The summed E-state index contributed by atoms with van der Waals surface area (Å²) in [6.45, 7) is 4.18. The van der Waals surface area contributed by atoms with Gasteiger partial charge in [-0.05, 0) is 31.4 Å². The van der Waals surface area contributed by atoms with Gasteiger partial charge in [0.15, 0.2) is 0 Å². The highest BCUT2D eigenvalue weighted by molar-refractivity contribution is 7.89. The summed E-state index contributed by atoms with van der Waals surface area (Å²) in [5.74, 6) is -0.665. The van der Waals surface area contributed by atoms with E-state index in [2.05, 4.69) is 9.62 Å². The molecule has 0 radical (unpaired) electrons. The van der Waals surface area contributed by atoms with Crippen LogP contribution in [-0.4, -0.2) is 64.8 Å². The summed E-state index contributed by atoms with van der Waals surface area (Å²) in [7, 11) is -3.81. The van der Waals surface area contributed by atoms with Gasteiger partial charge in [0.05, 0.1) is 35.4 Å². The lowest BCUT2D eigenvalue weighted by atomic mass is 10.2. The normalized spacial score (nSPS) is 18.4. The summed E-state index contributed by atoms with van der Waals surface area (Å²) >= 11 is 12.1. The Morgan fingerprint density at radius 3 is 2.59 bits per heavy atom. The fourth-order valence-corrected chi connectivity index (χ4v) is 4.89. The molecular formula is C17H22Cl2N2O5S. The minimum absolute atomic E-state index is 0.0105. The maximum atomic E-state index is 12.4. The predicted molar refractivity (Wildman–Crippen MR) is 102 cm³/mol. The van der Waals surface area contributed by atoms with Gasteiger partial charge < -0.3 is 9.47 Å². The molecule has 2 fully saturated rings. The van der Waals surface area contributed by atoms with E-state index >= 15 is 0 Å². The smallest absolute Gasteiger partial charge is 0.339 e. The molecule has 0 spiro atoms. The van der Waals surface area contributed by atoms with E-state index in [1.807, 2.05) is 0 Å². The first-order valence-electron chi connectivity index (χ1n) is 8.85. The van der Waals surface area contributed by atoms with Crippen molar-refractivity contribution in [2.45, 2.75) is 30.2 Å². The van der Waals surface area contributed by atoms with Crippen LogP contribution in [0.15, 0.2) is 17.0 Å². The molecule has 27 heavy (non-hydrogen) atoms. The van der Waals surface area contributed by atoms with E-state index in [1.54, 1.807) is 0 Å². The van der Waals surface area contributed by atoms with Crippen LogP contribution >= 0.6 is 23.2 Å². The quantitative estimate of drug-likeness (QED) is 0.497. The van der Waals surface area contributed by atoms with Crippen molar-refractivity contribution in [1.29, 1.82) is 0 Å². The summed E-state index contributed by atoms with van der Waals surface area (Å²) in [6.07, 6.45) is 2.26. The number of ether oxygens (including phenoxy) is 2. The molecule has 1 aromatic rings. The molecule has 10 heteroatoms. The average Bonchev–Trinajstić information content (AvgIpc) is 3.42. The van der Waals surface area contributed by atoms with Crippen LogP contribution in [0.2, 0.25) is 10.0 Å². The summed E-state index contributed by atoms with van der Waals surface area (Å²) in [5.41, 5.74) is -0.0105. The Balaban J connectivity index is 1.60. The highest BCUT2D eigenvalue weighted by Crippen LogP contribution is 2.31. The molecular weight excluding hydrogens is 415 g/mol. The Bertz CT molecular complexity index is 793. The Morgan fingerprint density at radius 2 is 1.93 bits per heavy atom. The first-order chi connectivity index (χ1) is 12.9. The number of nitrogens with one attached hydrogen (secondary N) is 1. The number of halogens is 2. The zero-order chi connectivity index (χ0) is 19.4. The number of carbonyl (C=O) groups excluding carboxylic acids is 1. The molecule has 0 unspecified atom stereocenters. The third kappa shape index (κ3) is 5.79. The number of hydrogen-bond acceptors (Lipinski definition) is 6. The predicted octanol–water partition coefficient (Wildman–Crippen LogP) is 2.31. The second kappa shape index (κ2) is 9.07. The van der Waals surface area contributed by atoms with Crippen molar-refractivity contribution in [2.24, 2.45) is 0 Å². The molecule has 0 atom stereocenters. The van der Waals surface area contributed by atoms with Crippen LogP contribution in [0.4, 0.5) is 0 Å². The minimum Gasteiger partial charge on any atom is -0.462 e. The molecule has 3 rings (SSSR count). The van der Waals surface area contributed by atoms with E-state index in [-0.39, 0.29) is 33.2 Å². The summed E-state index contributed by atoms with van der Waals surface area (Å²) in [4.78, 5) is 14.4. The maximum absolute atomic E-state index is 12.4. The molecule has 1 saturated heterocycles. The number of benzene rings is 1. The molecule has 2 aliphatic rings. The van der Waals surface area contributed by atoms with Gasteiger partial charge >= 0.3 is 5.97 Å². The fraction of sp³-hybridized carbons (Fsp3) is 0.588. The van der Waals surface area contributed by atoms with Crippen molar-refractivity contribution >= 4 is 39.2 Å². The second-order valence-corrected chi connectivity index (χ2v) is 9.10. The standard InChI is InChI=1S/C17H22Cl2N2O5S/c18-14-11-15(19)16(27(23,24)20-12-2-3-12)10-13(14)17(22)26-7-1-4-21-5-8-25-9-6-21/h10-12,20H,1-9H2. The number of esters is 1. The SMILES string of the molecule is O=C(OCCCN1CCOCC1)c1cc(S(=O)(=O)NC2CC2)c(Cl)cc1Cl. The molecule has 1 N–H and O–H groups in total. The molecule has 150 valence electrons. The van der Waals surface area contributed by atoms with Gasteiger partial charge in [-0.15, -0.1) is 0 Å². The highest BCUT2D eigenvalue weighted by Gasteiger charge is 2.30. The van der Waals surface area contributed by atoms with Gasteiger partial charge in [0, 0.05) is 25.7 Å². The molecule has 1 aliphatic carbocycles. The van der Waals surface area contributed by atoms with E-state index in [0.29, 0.717) is 19.6 Å². The van der Waals surface area contributed by atoms with Crippen LogP contribution in [0, 0.1) is 0 Å². The monoisotopic (exact) mass is 436 g/mol. The highest BCUT2D eigenvalue weighted by atomic mass is 35.5. The molecule has 7 nitrogen and oxygen atoms in total. The van der Waals surface area contributed by atoms with Gasteiger partial charge in [-0.3, -0.25) is 4.90 Å². The molecule has 1 aromatic carbocycles. The van der Waals surface area contributed by atoms with Crippen LogP contribution in [0.25, 0.3) is 0 Å². The van der Waals surface area contributed by atoms with Gasteiger partial charge in [0.25, 0.3) is 0 Å². The lowest BCUT2D eigenvalue weighted by molar-refractivity contribution is 0.0298. The zero-order valence-corrected chi connectivity index (χ0v) is 17.1. The largest absolute Gasteiger partial charge is 0.462 e. The maximum Gasteiger partial charge on any atom is 0.339 e.